The van der Waals surface area contributed by atoms with Crippen LogP contribution in [0.15, 0.2) is 40.9 Å². The molecule has 0 heterocycles. The third-order valence-corrected chi connectivity index (χ3v) is 5.39. The maximum Gasteiger partial charge on any atom is 0.0245 e. The molecule has 2 aromatic carbocycles. The lowest BCUT2D eigenvalue weighted by molar-refractivity contribution is 0.726. The van der Waals surface area contributed by atoms with Crippen molar-refractivity contribution in [2.24, 2.45) is 0 Å². The van der Waals surface area contributed by atoms with Gasteiger partial charge in [0, 0.05) is 4.47 Å². The van der Waals surface area contributed by atoms with Gasteiger partial charge in [-0.05, 0) is 53.5 Å². The van der Waals surface area contributed by atoms with E-state index < -0.39 is 0 Å². The first-order valence-electron chi connectivity index (χ1n) is 7.97. The van der Waals surface area contributed by atoms with E-state index in [1.807, 2.05) is 0 Å². The monoisotopic (exact) mass is 344 g/mol. The first kappa shape index (κ1) is 16.3. The number of benzene rings is 2. The maximum atomic E-state index is 3.86. The second kappa shape index (κ2) is 7.26. The van der Waals surface area contributed by atoms with E-state index in [1.54, 1.807) is 0 Å². The van der Waals surface area contributed by atoms with E-state index in [4.69, 9.17) is 0 Å². The molecule has 0 aliphatic rings. The molecule has 0 amide bonds. The van der Waals surface area contributed by atoms with Gasteiger partial charge in [0.2, 0.25) is 0 Å². The molecule has 1 heteroatoms. The molecule has 0 radical (unpaired) electrons. The summed E-state index contributed by atoms with van der Waals surface area (Å²) in [7, 11) is 0. The number of hydrogen-bond acceptors (Lipinski definition) is 0. The molecule has 0 spiro atoms. The fraction of sp³-hybridized carbons (Fsp3) is 0.400. The molecule has 0 aliphatic heterocycles. The lowest BCUT2D eigenvalue weighted by atomic mass is 9.87. The molecular weight excluding hydrogens is 320 g/mol. The largest absolute Gasteiger partial charge is 0.0651 e. The van der Waals surface area contributed by atoms with E-state index >= 15 is 0 Å². The summed E-state index contributed by atoms with van der Waals surface area (Å²) in [5.41, 5.74) is 7.06. The van der Waals surface area contributed by atoms with Gasteiger partial charge in [0.25, 0.3) is 0 Å². The number of aryl methyl sites for hydroxylation is 1. The van der Waals surface area contributed by atoms with Crippen molar-refractivity contribution < 1.29 is 0 Å². The highest BCUT2D eigenvalue weighted by Crippen LogP contribution is 2.38. The summed E-state index contributed by atoms with van der Waals surface area (Å²) >= 11 is 3.86. The Balaban J connectivity index is 2.67. The van der Waals surface area contributed by atoms with Crippen LogP contribution in [0.3, 0.4) is 0 Å². The van der Waals surface area contributed by atoms with Crippen molar-refractivity contribution in [2.75, 3.05) is 0 Å². The molecular formula is C20H25Br. The van der Waals surface area contributed by atoms with E-state index in [2.05, 4.69) is 80.0 Å². The Hall–Kier alpha value is -1.08. The van der Waals surface area contributed by atoms with Gasteiger partial charge in [0.05, 0.1) is 0 Å². The van der Waals surface area contributed by atoms with Crippen molar-refractivity contribution in [1.82, 2.24) is 0 Å². The zero-order valence-corrected chi connectivity index (χ0v) is 15.1. The Kier molecular flexibility index (Phi) is 5.64. The normalized spacial score (nSPS) is 12.4. The standard InChI is InChI=1S/C20H25Br/c1-5-10-17-13-18(14(3)6-2)20(21)15(4)19(17)16-11-8-7-9-12-16/h7-9,11-14H,5-6,10H2,1-4H3. The summed E-state index contributed by atoms with van der Waals surface area (Å²) < 4.78 is 1.29. The molecule has 0 fully saturated rings. The molecule has 112 valence electrons. The highest BCUT2D eigenvalue weighted by atomic mass is 79.9. The van der Waals surface area contributed by atoms with Crippen LogP contribution in [0.1, 0.15) is 56.2 Å². The lowest BCUT2D eigenvalue weighted by Gasteiger charge is -2.21. The summed E-state index contributed by atoms with van der Waals surface area (Å²) in [4.78, 5) is 0. The number of rotatable bonds is 5. The van der Waals surface area contributed by atoms with Gasteiger partial charge in [-0.25, -0.2) is 0 Å². The molecule has 1 atom stereocenters. The molecule has 1 unspecified atom stereocenters. The minimum absolute atomic E-state index is 0.596. The molecule has 0 aliphatic carbocycles. The molecule has 0 saturated carbocycles. The summed E-state index contributed by atoms with van der Waals surface area (Å²) in [5, 5.41) is 0. The average molecular weight is 345 g/mol. The van der Waals surface area contributed by atoms with Gasteiger partial charge in [-0.2, -0.15) is 0 Å². The molecule has 0 aromatic heterocycles. The zero-order chi connectivity index (χ0) is 15.4. The molecule has 0 N–H and O–H groups in total. The fourth-order valence-electron chi connectivity index (χ4n) is 2.94. The van der Waals surface area contributed by atoms with Gasteiger partial charge in [-0.1, -0.05) is 79.5 Å². The minimum atomic E-state index is 0.596. The van der Waals surface area contributed by atoms with Crippen LogP contribution in [0.4, 0.5) is 0 Å². The van der Waals surface area contributed by atoms with Crippen LogP contribution < -0.4 is 0 Å². The average Bonchev–Trinajstić information content (AvgIpc) is 2.51. The van der Waals surface area contributed by atoms with E-state index in [-0.39, 0.29) is 0 Å². The highest BCUT2D eigenvalue weighted by Gasteiger charge is 2.17. The van der Waals surface area contributed by atoms with Crippen molar-refractivity contribution in [1.29, 1.82) is 0 Å². The second-order valence-corrected chi connectivity index (χ2v) is 6.66. The SMILES string of the molecule is CCCc1cc(C(C)CC)c(Br)c(C)c1-c1ccccc1. The Morgan fingerprint density at radius 1 is 1.10 bits per heavy atom. The molecule has 0 saturated heterocycles. The van der Waals surface area contributed by atoms with Crippen molar-refractivity contribution in [3.63, 3.8) is 0 Å². The Morgan fingerprint density at radius 3 is 2.33 bits per heavy atom. The molecule has 0 bridgehead atoms. The van der Waals surface area contributed by atoms with Gasteiger partial charge in [0.1, 0.15) is 0 Å². The molecule has 21 heavy (non-hydrogen) atoms. The molecule has 2 rings (SSSR count). The fourth-order valence-corrected chi connectivity index (χ4v) is 3.65. The van der Waals surface area contributed by atoms with Gasteiger partial charge in [0.15, 0.2) is 0 Å². The zero-order valence-electron chi connectivity index (χ0n) is 13.5. The quantitative estimate of drug-likeness (QED) is 0.553. The van der Waals surface area contributed by atoms with Crippen molar-refractivity contribution >= 4 is 15.9 Å². The molecule has 0 nitrogen and oxygen atoms in total. The van der Waals surface area contributed by atoms with Crippen molar-refractivity contribution in [3.8, 4) is 11.1 Å². The first-order chi connectivity index (χ1) is 10.1. The number of hydrogen-bond donors (Lipinski definition) is 0. The molecule has 2 aromatic rings. The summed E-state index contributed by atoms with van der Waals surface area (Å²) in [6.45, 7) is 9.08. The highest BCUT2D eigenvalue weighted by molar-refractivity contribution is 9.10. The van der Waals surface area contributed by atoms with Gasteiger partial charge in [-0.3, -0.25) is 0 Å². The minimum Gasteiger partial charge on any atom is -0.0651 e. The van der Waals surface area contributed by atoms with Crippen LogP contribution in [-0.2, 0) is 6.42 Å². The summed E-state index contributed by atoms with van der Waals surface area (Å²) in [6, 6.07) is 13.2. The van der Waals surface area contributed by atoms with E-state index in [0.717, 1.165) is 6.42 Å². The van der Waals surface area contributed by atoms with Crippen LogP contribution in [0, 0.1) is 6.92 Å². The topological polar surface area (TPSA) is 0 Å². The van der Waals surface area contributed by atoms with Gasteiger partial charge >= 0.3 is 0 Å². The second-order valence-electron chi connectivity index (χ2n) is 5.86. The Labute approximate surface area is 137 Å². The van der Waals surface area contributed by atoms with Crippen LogP contribution >= 0.6 is 15.9 Å². The van der Waals surface area contributed by atoms with Crippen molar-refractivity contribution in [2.45, 2.75) is 52.9 Å². The Bertz CT molecular complexity index is 599. The van der Waals surface area contributed by atoms with Gasteiger partial charge in [-0.15, -0.1) is 0 Å². The predicted octanol–water partition coefficient (Wildman–Crippen LogP) is 6.89. The summed E-state index contributed by atoms with van der Waals surface area (Å²) in [6.07, 6.45) is 3.50. The van der Waals surface area contributed by atoms with E-state index in [9.17, 15) is 0 Å². The number of halogens is 1. The third-order valence-electron chi connectivity index (χ3n) is 4.33. The van der Waals surface area contributed by atoms with E-state index in [1.165, 1.54) is 45.1 Å². The van der Waals surface area contributed by atoms with Crippen LogP contribution in [-0.4, -0.2) is 0 Å². The van der Waals surface area contributed by atoms with Crippen LogP contribution in [0.5, 0.6) is 0 Å². The Morgan fingerprint density at radius 2 is 1.76 bits per heavy atom. The maximum absolute atomic E-state index is 3.86. The van der Waals surface area contributed by atoms with Gasteiger partial charge < -0.3 is 0 Å². The van der Waals surface area contributed by atoms with Crippen molar-refractivity contribution in [3.05, 3.63) is 57.6 Å². The van der Waals surface area contributed by atoms with E-state index in [0.29, 0.717) is 5.92 Å². The summed E-state index contributed by atoms with van der Waals surface area (Å²) in [5.74, 6) is 0.596. The predicted molar refractivity (Wildman–Crippen MR) is 97.0 cm³/mol. The third kappa shape index (κ3) is 3.40. The van der Waals surface area contributed by atoms with Crippen LogP contribution in [0.2, 0.25) is 0 Å². The van der Waals surface area contributed by atoms with Crippen LogP contribution in [0.25, 0.3) is 11.1 Å². The first-order valence-corrected chi connectivity index (χ1v) is 8.76. The smallest absolute Gasteiger partial charge is 0.0245 e. The lowest BCUT2D eigenvalue weighted by Crippen LogP contribution is -2.01.